The molecule has 0 saturated carbocycles. The van der Waals surface area contributed by atoms with E-state index in [1.54, 1.807) is 6.07 Å². The van der Waals surface area contributed by atoms with Crippen LogP contribution in [0, 0.1) is 7.14 Å². The van der Waals surface area contributed by atoms with Gasteiger partial charge in [-0.1, -0.05) is 237 Å². The third-order valence-corrected chi connectivity index (χ3v) is 21.4. The number of hydrogen-bond donors (Lipinski definition) is 0. The monoisotopic (exact) mass is 1600 g/mol. The van der Waals surface area contributed by atoms with Crippen LogP contribution in [-0.4, -0.2) is 41.2 Å². The quantitative estimate of drug-likeness (QED) is 0.0883. The van der Waals surface area contributed by atoms with E-state index in [1.807, 2.05) is 150 Å². The first-order chi connectivity index (χ1) is 52.0. The molecular weight excluding hydrogens is 1540 g/mol. The summed E-state index contributed by atoms with van der Waals surface area (Å²) < 4.78 is 51.0. The zero-order valence-electron chi connectivity index (χ0n) is 56.2. The van der Waals surface area contributed by atoms with Crippen LogP contribution < -0.4 is 26.2 Å². The van der Waals surface area contributed by atoms with Gasteiger partial charge in [-0.15, -0.1) is 0 Å². The summed E-state index contributed by atoms with van der Waals surface area (Å²) in [7, 11) is 0. The van der Waals surface area contributed by atoms with Crippen molar-refractivity contribution in [2.45, 2.75) is 6.18 Å². The van der Waals surface area contributed by atoms with Crippen LogP contribution in [0.25, 0.3) is 129 Å². The molecule has 106 heavy (non-hydrogen) atoms. The molecule has 0 fully saturated rings. The molecule has 14 aromatic carbocycles. The number of halogens is 5. The molecule has 0 bridgehead atoms. The van der Waals surface area contributed by atoms with Crippen molar-refractivity contribution >= 4 is 124 Å². The van der Waals surface area contributed by atoms with Crippen LogP contribution in [0.3, 0.4) is 0 Å². The van der Waals surface area contributed by atoms with Gasteiger partial charge in [0.1, 0.15) is 0 Å². The van der Waals surface area contributed by atoms with Crippen LogP contribution in [0.1, 0.15) is 5.56 Å². The molecule has 3 aromatic heterocycles. The van der Waals surface area contributed by atoms with Gasteiger partial charge in [-0.25, -0.2) is 29.9 Å². The molecule has 0 aliphatic carbocycles. The lowest BCUT2D eigenvalue weighted by molar-refractivity contribution is -0.137. The molecule has 5 heterocycles. The third-order valence-electron chi connectivity index (χ3n) is 20.0. The third kappa shape index (κ3) is 11.7. The fourth-order valence-corrected chi connectivity index (χ4v) is 16.0. The van der Waals surface area contributed by atoms with E-state index in [4.69, 9.17) is 29.9 Å². The molecule has 0 atom stereocenters. The van der Waals surface area contributed by atoms with Crippen LogP contribution in [0.5, 0.6) is 0 Å². The molecule has 0 N–H and O–H groups in total. The Morgan fingerprint density at radius 1 is 0.274 bits per heavy atom. The largest absolute Gasteiger partial charge is 0.416 e. The maximum absolute atomic E-state index is 15.6. The SMILES string of the molecule is FC(F)(F)c1ccc(-n2c3ccc(-c4cc5c6c(c4)N(c4ccc(-c7ccccc7)cc4)c4cc(I)ccc4B6c4ccc(I)cc4N5c4ccc(-c5ccccc5)cc4)cc3c3ccc(-c4nc(-c5ccccc5)nc(-c5ccccc5)n4)cc32)c(-c2nc(-c3ccccc3)nc(-c3ccccc3)n2)c1. The molecule has 0 amide bonds. The summed E-state index contributed by atoms with van der Waals surface area (Å²) in [5.74, 6) is 2.03. The van der Waals surface area contributed by atoms with Crippen LogP contribution >= 0.6 is 45.2 Å². The van der Waals surface area contributed by atoms with Crippen LogP contribution in [-0.2, 0) is 6.18 Å². The number of benzene rings is 14. The van der Waals surface area contributed by atoms with Crippen LogP contribution in [0.15, 0.2) is 334 Å². The summed E-state index contributed by atoms with van der Waals surface area (Å²) in [6, 6.07) is 112. The minimum absolute atomic E-state index is 0.0569. The number of nitrogens with zero attached hydrogens (tertiary/aromatic N) is 9. The van der Waals surface area contributed by atoms with Gasteiger partial charge in [0.05, 0.1) is 22.3 Å². The molecule has 2 aliphatic rings. The summed E-state index contributed by atoms with van der Waals surface area (Å²) >= 11 is 4.90. The Morgan fingerprint density at radius 3 is 1.09 bits per heavy atom. The summed E-state index contributed by atoms with van der Waals surface area (Å²) in [6.45, 7) is -0.154. The van der Waals surface area contributed by atoms with Crippen LogP contribution in [0.2, 0.25) is 0 Å². The molecule has 17 aromatic rings. The average Bonchev–Trinajstić information content (AvgIpc) is 0.833. The molecule has 2 aliphatic heterocycles. The zero-order chi connectivity index (χ0) is 71.2. The van der Waals surface area contributed by atoms with Crippen molar-refractivity contribution in [3.05, 3.63) is 346 Å². The Labute approximate surface area is 636 Å². The van der Waals surface area contributed by atoms with Crippen molar-refractivity contribution in [3.63, 3.8) is 0 Å². The molecule has 15 heteroatoms. The predicted molar refractivity (Wildman–Crippen MR) is 441 cm³/mol. The average molecular weight is 1600 g/mol. The van der Waals surface area contributed by atoms with Gasteiger partial charge < -0.3 is 14.4 Å². The smallest absolute Gasteiger partial charge is 0.311 e. The Balaban J connectivity index is 0.877. The molecule has 0 spiro atoms. The van der Waals surface area contributed by atoms with E-state index in [0.29, 0.717) is 57.0 Å². The van der Waals surface area contributed by atoms with E-state index < -0.39 is 11.7 Å². The summed E-state index contributed by atoms with van der Waals surface area (Å²) in [6.07, 6.45) is -4.74. The first-order valence-corrected chi connectivity index (χ1v) is 36.9. The Kier molecular flexibility index (Phi) is 16.2. The molecule has 502 valence electrons. The molecule has 0 unspecified atom stereocenters. The predicted octanol–water partition coefficient (Wildman–Crippen LogP) is 22.5. The van der Waals surface area contributed by atoms with Crippen molar-refractivity contribution in [2.75, 3.05) is 9.80 Å². The highest BCUT2D eigenvalue weighted by molar-refractivity contribution is 14.1. The minimum Gasteiger partial charge on any atom is -0.311 e. The molecule has 0 saturated heterocycles. The highest BCUT2D eigenvalue weighted by atomic mass is 127. The Hall–Kier alpha value is -12.2. The molecule has 19 rings (SSSR count). The van der Waals surface area contributed by atoms with E-state index in [2.05, 4.69) is 225 Å². The normalized spacial score (nSPS) is 12.3. The lowest BCUT2D eigenvalue weighted by Crippen LogP contribution is -2.61. The van der Waals surface area contributed by atoms with E-state index in [9.17, 15) is 0 Å². The van der Waals surface area contributed by atoms with Crippen molar-refractivity contribution in [3.8, 4) is 107 Å². The van der Waals surface area contributed by atoms with E-state index in [1.165, 1.54) is 22.5 Å². The number of anilines is 6. The van der Waals surface area contributed by atoms with Gasteiger partial charge in [0.15, 0.2) is 34.9 Å². The van der Waals surface area contributed by atoms with E-state index in [0.717, 1.165) is 108 Å². The second-order valence-corrected chi connectivity index (χ2v) is 28.9. The van der Waals surface area contributed by atoms with Gasteiger partial charge in [0, 0.05) is 85.4 Å². The topological polar surface area (TPSA) is 88.8 Å². The van der Waals surface area contributed by atoms with Crippen molar-refractivity contribution in [2.24, 2.45) is 0 Å². The lowest BCUT2D eigenvalue weighted by atomic mass is 9.33. The van der Waals surface area contributed by atoms with Gasteiger partial charge in [-0.2, -0.15) is 13.2 Å². The van der Waals surface area contributed by atoms with Gasteiger partial charge in [0.2, 0.25) is 0 Å². The standard InChI is InChI=1S/C91H55BF3I2N9/c93-91(94,95)67-37-48-78(74(53-67)90-102-87(62-27-15-5-16-28-62)99-88(103-90)63-29-17-6-18-30-63)106-77-47-36-64(49-73(77)72-44-35-65(50-79(72)106)89-100-85(60-23-11-3-12-24-60)98-86(101-89)61-25-13-4-14-26-61)66-51-82-84-83(52-66)105(71-42-33-59(34-43-71)57-21-9-2-10-22-57)81-55-69(97)39-46-76(81)92(84)75-45-38-68(96)54-80(75)104(82)70-40-31-58(32-41-70)56-19-7-1-8-20-56/h1-55H. The van der Waals surface area contributed by atoms with Crippen LogP contribution in [0.4, 0.5) is 47.3 Å². The summed E-state index contributed by atoms with van der Waals surface area (Å²) in [5.41, 5.74) is 20.8. The number of aromatic nitrogens is 7. The van der Waals surface area contributed by atoms with Crippen molar-refractivity contribution in [1.29, 1.82) is 0 Å². The van der Waals surface area contributed by atoms with Crippen molar-refractivity contribution in [1.82, 2.24) is 34.5 Å². The first-order valence-electron chi connectivity index (χ1n) is 34.7. The number of fused-ring (bicyclic) bond motifs is 7. The second-order valence-electron chi connectivity index (χ2n) is 26.4. The van der Waals surface area contributed by atoms with Gasteiger partial charge in [-0.05, 0) is 192 Å². The van der Waals surface area contributed by atoms with E-state index >= 15 is 13.2 Å². The Morgan fingerprint density at radius 2 is 0.660 bits per heavy atom. The number of rotatable bonds is 12. The highest BCUT2D eigenvalue weighted by Gasteiger charge is 2.44. The van der Waals surface area contributed by atoms with Gasteiger partial charge in [-0.3, -0.25) is 0 Å². The number of hydrogen-bond acceptors (Lipinski definition) is 8. The van der Waals surface area contributed by atoms with Gasteiger partial charge >= 0.3 is 6.18 Å². The summed E-state index contributed by atoms with van der Waals surface area (Å²) in [5, 5.41) is 1.66. The highest BCUT2D eigenvalue weighted by Crippen LogP contribution is 2.49. The zero-order valence-corrected chi connectivity index (χ0v) is 60.6. The summed E-state index contributed by atoms with van der Waals surface area (Å²) in [4.78, 5) is 35.5. The maximum Gasteiger partial charge on any atom is 0.416 e. The van der Waals surface area contributed by atoms with E-state index in [-0.39, 0.29) is 18.1 Å². The fraction of sp³-hybridized carbons (Fsp3) is 0.0110. The number of alkyl halides is 3. The van der Waals surface area contributed by atoms with Crippen molar-refractivity contribution < 1.29 is 13.2 Å². The lowest BCUT2D eigenvalue weighted by Gasteiger charge is -2.44. The minimum atomic E-state index is -4.74. The fourth-order valence-electron chi connectivity index (χ4n) is 15.1. The first kappa shape index (κ1) is 64.6. The molecule has 9 nitrogen and oxygen atoms in total. The maximum atomic E-state index is 15.6. The second kappa shape index (κ2) is 26.5. The van der Waals surface area contributed by atoms with Gasteiger partial charge in [0.25, 0.3) is 6.71 Å². The molecular formula is C91H55BF3I2N9. The Bertz CT molecular complexity index is 6000. The molecule has 0 radical (unpaired) electrons.